The van der Waals surface area contributed by atoms with Crippen LogP contribution in [0.3, 0.4) is 0 Å². The molecule has 0 aliphatic heterocycles. The molecular weight excluding hydrogens is 532 g/mol. The summed E-state index contributed by atoms with van der Waals surface area (Å²) in [6, 6.07) is 10.2. The summed E-state index contributed by atoms with van der Waals surface area (Å²) in [6.45, 7) is 3.59. The lowest BCUT2D eigenvalue weighted by atomic mass is 9.96. The average molecular weight is 571 g/mol. The first-order valence-electron chi connectivity index (χ1n) is 13.3. The number of amides is 3. The summed E-state index contributed by atoms with van der Waals surface area (Å²) in [5, 5.41) is 35.5. The second-order valence-electron chi connectivity index (χ2n) is 9.93. The SMILES string of the molecule is CCC(C)C(NC(=O)C(N)Cc1ccc(O)cc1)C(=O)NC(Cc1ccccc1)C(=O)NC(CCC(=O)O)C(=O)O. The van der Waals surface area contributed by atoms with Crippen molar-refractivity contribution in [3.63, 3.8) is 0 Å². The second-order valence-corrected chi connectivity index (χ2v) is 9.93. The zero-order valence-corrected chi connectivity index (χ0v) is 23.1. The van der Waals surface area contributed by atoms with Gasteiger partial charge in [0.15, 0.2) is 0 Å². The molecule has 0 radical (unpaired) electrons. The van der Waals surface area contributed by atoms with Gasteiger partial charge in [0.2, 0.25) is 17.7 Å². The van der Waals surface area contributed by atoms with Crippen LogP contribution in [0.15, 0.2) is 54.6 Å². The van der Waals surface area contributed by atoms with Gasteiger partial charge in [0.1, 0.15) is 23.9 Å². The van der Waals surface area contributed by atoms with Gasteiger partial charge in [-0.2, -0.15) is 0 Å². The molecule has 2 aromatic carbocycles. The van der Waals surface area contributed by atoms with Crippen molar-refractivity contribution in [2.75, 3.05) is 0 Å². The zero-order chi connectivity index (χ0) is 30.5. The first-order chi connectivity index (χ1) is 19.4. The van der Waals surface area contributed by atoms with Crippen LogP contribution in [0.4, 0.5) is 0 Å². The van der Waals surface area contributed by atoms with E-state index in [0.29, 0.717) is 17.5 Å². The van der Waals surface area contributed by atoms with E-state index in [2.05, 4.69) is 16.0 Å². The predicted molar refractivity (Wildman–Crippen MR) is 150 cm³/mol. The van der Waals surface area contributed by atoms with Crippen LogP contribution in [0, 0.1) is 5.92 Å². The highest BCUT2D eigenvalue weighted by atomic mass is 16.4. The molecule has 2 rings (SSSR count). The van der Waals surface area contributed by atoms with Crippen LogP contribution in [0.1, 0.15) is 44.2 Å². The monoisotopic (exact) mass is 570 g/mol. The van der Waals surface area contributed by atoms with E-state index in [1.807, 2.05) is 6.92 Å². The van der Waals surface area contributed by atoms with Crippen molar-refractivity contribution in [1.82, 2.24) is 16.0 Å². The summed E-state index contributed by atoms with van der Waals surface area (Å²) in [4.78, 5) is 62.2. The number of hydrogen-bond acceptors (Lipinski definition) is 7. The number of carbonyl (C=O) groups is 5. The van der Waals surface area contributed by atoms with Crippen molar-refractivity contribution >= 4 is 29.7 Å². The number of carboxylic acids is 2. The third kappa shape index (κ3) is 10.9. The Kier molecular flexibility index (Phi) is 12.8. The van der Waals surface area contributed by atoms with E-state index >= 15 is 0 Å². The van der Waals surface area contributed by atoms with E-state index in [4.69, 9.17) is 10.8 Å². The molecule has 0 spiro atoms. The van der Waals surface area contributed by atoms with Crippen molar-refractivity contribution in [3.8, 4) is 5.75 Å². The Hall–Kier alpha value is -4.45. The number of aliphatic carboxylic acids is 2. The number of rotatable bonds is 16. The quantitative estimate of drug-likeness (QED) is 0.153. The number of aromatic hydroxyl groups is 1. The largest absolute Gasteiger partial charge is 0.508 e. The topological polar surface area (TPSA) is 208 Å². The van der Waals surface area contributed by atoms with Gasteiger partial charge in [0.05, 0.1) is 6.04 Å². The summed E-state index contributed by atoms with van der Waals surface area (Å²) in [7, 11) is 0. The first-order valence-corrected chi connectivity index (χ1v) is 13.3. The lowest BCUT2D eigenvalue weighted by molar-refractivity contribution is -0.143. The Labute approximate surface area is 238 Å². The van der Waals surface area contributed by atoms with Gasteiger partial charge in [-0.1, -0.05) is 62.7 Å². The Morgan fingerprint density at radius 1 is 0.780 bits per heavy atom. The molecule has 222 valence electrons. The highest BCUT2D eigenvalue weighted by molar-refractivity contribution is 5.94. The number of nitrogens with two attached hydrogens (primary N) is 1. The Balaban J connectivity index is 2.21. The number of phenols is 1. The average Bonchev–Trinajstić information content (AvgIpc) is 2.94. The van der Waals surface area contributed by atoms with Gasteiger partial charge in [0, 0.05) is 12.8 Å². The molecule has 0 saturated carbocycles. The van der Waals surface area contributed by atoms with Gasteiger partial charge in [-0.3, -0.25) is 19.2 Å². The molecule has 0 aliphatic carbocycles. The maximum Gasteiger partial charge on any atom is 0.326 e. The summed E-state index contributed by atoms with van der Waals surface area (Å²) >= 11 is 0. The fourth-order valence-corrected chi connectivity index (χ4v) is 4.06. The van der Waals surface area contributed by atoms with E-state index in [0.717, 1.165) is 0 Å². The number of nitrogens with one attached hydrogen (secondary N) is 3. The maximum atomic E-state index is 13.5. The van der Waals surface area contributed by atoms with E-state index in [1.165, 1.54) is 12.1 Å². The fraction of sp³-hybridized carbons (Fsp3) is 0.414. The molecule has 5 unspecified atom stereocenters. The van der Waals surface area contributed by atoms with Gasteiger partial charge in [-0.25, -0.2) is 4.79 Å². The van der Waals surface area contributed by atoms with Gasteiger partial charge >= 0.3 is 11.9 Å². The minimum Gasteiger partial charge on any atom is -0.508 e. The van der Waals surface area contributed by atoms with Crippen LogP contribution in [0.2, 0.25) is 0 Å². The molecule has 5 atom stereocenters. The molecule has 0 bridgehead atoms. The molecule has 12 nitrogen and oxygen atoms in total. The highest BCUT2D eigenvalue weighted by Crippen LogP contribution is 2.13. The molecular formula is C29H38N4O8. The van der Waals surface area contributed by atoms with Crippen molar-refractivity contribution in [2.24, 2.45) is 11.7 Å². The molecule has 2 aromatic rings. The lowest BCUT2D eigenvalue weighted by Crippen LogP contribution is -2.59. The van der Waals surface area contributed by atoms with Crippen molar-refractivity contribution in [1.29, 1.82) is 0 Å². The van der Waals surface area contributed by atoms with Gasteiger partial charge < -0.3 is 37.0 Å². The van der Waals surface area contributed by atoms with Crippen molar-refractivity contribution < 1.29 is 39.3 Å². The molecule has 0 heterocycles. The minimum absolute atomic E-state index is 0.0191. The van der Waals surface area contributed by atoms with Crippen LogP contribution in [0.5, 0.6) is 5.75 Å². The van der Waals surface area contributed by atoms with Crippen molar-refractivity contribution in [3.05, 3.63) is 65.7 Å². The van der Waals surface area contributed by atoms with Crippen molar-refractivity contribution in [2.45, 2.75) is 70.1 Å². The smallest absolute Gasteiger partial charge is 0.326 e. The molecule has 3 amide bonds. The predicted octanol–water partition coefficient (Wildman–Crippen LogP) is 0.955. The van der Waals surface area contributed by atoms with Crippen LogP contribution < -0.4 is 21.7 Å². The summed E-state index contributed by atoms with van der Waals surface area (Å²) < 4.78 is 0. The van der Waals surface area contributed by atoms with Crippen LogP contribution in [-0.4, -0.2) is 69.1 Å². The summed E-state index contributed by atoms with van der Waals surface area (Å²) in [6.07, 6.45) is -0.123. The number of phenolic OH excluding ortho intramolecular Hbond substituents is 1. The Bertz CT molecular complexity index is 1190. The third-order valence-electron chi connectivity index (χ3n) is 6.70. The van der Waals surface area contributed by atoms with Gasteiger partial charge in [-0.05, 0) is 42.0 Å². The first kappa shape index (κ1) is 32.8. The Morgan fingerprint density at radius 2 is 1.37 bits per heavy atom. The number of hydrogen-bond donors (Lipinski definition) is 7. The lowest BCUT2D eigenvalue weighted by Gasteiger charge is -2.28. The maximum absolute atomic E-state index is 13.5. The van der Waals surface area contributed by atoms with Crippen LogP contribution in [-0.2, 0) is 36.8 Å². The van der Waals surface area contributed by atoms with Gasteiger partial charge in [0.25, 0.3) is 0 Å². The van der Waals surface area contributed by atoms with Crippen LogP contribution in [0.25, 0.3) is 0 Å². The molecule has 12 heteroatoms. The van der Waals surface area contributed by atoms with E-state index in [1.54, 1.807) is 49.4 Å². The molecule has 0 aliphatic rings. The highest BCUT2D eigenvalue weighted by Gasteiger charge is 2.32. The zero-order valence-electron chi connectivity index (χ0n) is 23.1. The van der Waals surface area contributed by atoms with E-state index in [9.17, 15) is 34.2 Å². The Morgan fingerprint density at radius 3 is 1.93 bits per heavy atom. The number of carboxylic acid groups (broad SMARTS) is 2. The standard InChI is InChI=1S/C29H38N4O8/c1-3-17(2)25(33-26(37)21(30)15-19-9-11-20(34)12-10-19)28(39)32-23(16-18-7-5-4-6-8-18)27(38)31-22(29(40)41)13-14-24(35)36/h4-12,17,21-23,25,34H,3,13-16,30H2,1-2H3,(H,31,38)(H,32,39)(H,33,37)(H,35,36)(H,40,41). The summed E-state index contributed by atoms with van der Waals surface area (Å²) in [5.41, 5.74) is 7.49. The molecule has 41 heavy (non-hydrogen) atoms. The number of carbonyl (C=O) groups excluding carboxylic acids is 3. The van der Waals surface area contributed by atoms with Gasteiger partial charge in [-0.15, -0.1) is 0 Å². The van der Waals surface area contributed by atoms with Crippen LogP contribution >= 0.6 is 0 Å². The molecule has 8 N–H and O–H groups in total. The third-order valence-corrected chi connectivity index (χ3v) is 6.70. The molecule has 0 fully saturated rings. The molecule has 0 aromatic heterocycles. The minimum atomic E-state index is -1.48. The number of benzene rings is 2. The second kappa shape index (κ2) is 16.0. The van der Waals surface area contributed by atoms with E-state index < -0.39 is 60.2 Å². The summed E-state index contributed by atoms with van der Waals surface area (Å²) in [5.74, 6) is -4.93. The normalized spacial score (nSPS) is 14.5. The fourth-order valence-electron chi connectivity index (χ4n) is 4.06. The molecule has 0 saturated heterocycles. The van der Waals surface area contributed by atoms with E-state index in [-0.39, 0.29) is 30.9 Å².